The van der Waals surface area contributed by atoms with Crippen molar-refractivity contribution in [3.8, 4) is 0 Å². The number of amides is 1. The number of ether oxygens (including phenoxy) is 1. The average Bonchev–Trinajstić information content (AvgIpc) is 3.32. The Balaban J connectivity index is 1.65. The fraction of sp³-hybridized carbons (Fsp3) is 0.323. The minimum Gasteiger partial charge on any atom is -0.478 e. The maximum Gasteiger partial charge on any atom is 0.410 e. The Morgan fingerprint density at radius 3 is 1.97 bits per heavy atom. The van der Waals surface area contributed by atoms with Crippen LogP contribution in [0.2, 0.25) is 0 Å². The van der Waals surface area contributed by atoms with Crippen molar-refractivity contribution in [2.45, 2.75) is 50.9 Å². The molecule has 3 aromatic carbocycles. The van der Waals surface area contributed by atoms with E-state index in [0.29, 0.717) is 53.9 Å². The predicted molar refractivity (Wildman–Crippen MR) is 148 cm³/mol. The monoisotopic (exact) mass is 527 g/mol. The lowest BCUT2D eigenvalue weighted by Crippen LogP contribution is -2.43. The molecule has 0 bridgehead atoms. The Labute approximate surface area is 227 Å². The van der Waals surface area contributed by atoms with Crippen LogP contribution in [0.3, 0.4) is 0 Å². The van der Waals surface area contributed by atoms with E-state index in [1.165, 1.54) is 6.07 Å². The smallest absolute Gasteiger partial charge is 0.410 e. The molecule has 2 heterocycles. The molecular weight excluding hydrogens is 494 g/mol. The van der Waals surface area contributed by atoms with Gasteiger partial charge >= 0.3 is 12.1 Å². The van der Waals surface area contributed by atoms with Crippen molar-refractivity contribution in [3.63, 3.8) is 0 Å². The predicted octanol–water partition coefficient (Wildman–Crippen LogP) is 5.59. The van der Waals surface area contributed by atoms with Gasteiger partial charge in [0.15, 0.2) is 11.4 Å². The first-order chi connectivity index (χ1) is 18.6. The summed E-state index contributed by atoms with van der Waals surface area (Å²) in [6.45, 7) is 6.46. The minimum atomic E-state index is -1.60. The number of aromatic nitrogens is 2. The Bertz CT molecular complexity index is 1440. The number of fused-ring (bicyclic) bond motifs is 1. The maximum absolute atomic E-state index is 12.7. The summed E-state index contributed by atoms with van der Waals surface area (Å²) < 4.78 is 7.55. The van der Waals surface area contributed by atoms with Crippen molar-refractivity contribution < 1.29 is 24.5 Å². The highest BCUT2D eigenvalue weighted by molar-refractivity contribution is 5.92. The number of hydrogen-bond acceptors (Lipinski definition) is 5. The molecule has 39 heavy (non-hydrogen) atoms. The van der Waals surface area contributed by atoms with E-state index in [2.05, 4.69) is 0 Å². The molecule has 0 atom stereocenters. The molecule has 2 N–H and O–H groups in total. The van der Waals surface area contributed by atoms with Crippen molar-refractivity contribution in [2.75, 3.05) is 13.1 Å². The van der Waals surface area contributed by atoms with Gasteiger partial charge in [-0.05, 0) is 62.9 Å². The van der Waals surface area contributed by atoms with Gasteiger partial charge in [-0.1, -0.05) is 60.7 Å². The summed E-state index contributed by atoms with van der Waals surface area (Å²) in [5, 5.41) is 22.3. The van der Waals surface area contributed by atoms with E-state index in [1.54, 1.807) is 17.0 Å². The number of benzene rings is 3. The lowest BCUT2D eigenvalue weighted by atomic mass is 9.85. The number of nitrogens with zero attached hydrogens (tertiary/aromatic N) is 3. The third kappa shape index (κ3) is 5.12. The lowest BCUT2D eigenvalue weighted by molar-refractivity contribution is 0.0183. The van der Waals surface area contributed by atoms with E-state index >= 15 is 0 Å². The zero-order valence-electron chi connectivity index (χ0n) is 22.4. The number of rotatable bonds is 5. The second kappa shape index (κ2) is 10.2. The van der Waals surface area contributed by atoms with Crippen molar-refractivity contribution in [1.82, 2.24) is 14.5 Å². The summed E-state index contributed by atoms with van der Waals surface area (Å²) in [6, 6.07) is 23.4. The zero-order valence-corrected chi connectivity index (χ0v) is 22.4. The number of carboxylic acids is 1. The van der Waals surface area contributed by atoms with Gasteiger partial charge in [0.1, 0.15) is 5.60 Å². The molecule has 1 saturated heterocycles. The first kappa shape index (κ1) is 26.4. The number of aromatic carboxylic acids is 1. The first-order valence-electron chi connectivity index (χ1n) is 13.1. The van der Waals surface area contributed by atoms with Crippen LogP contribution in [0.25, 0.3) is 11.0 Å². The Kier molecular flexibility index (Phi) is 6.91. The average molecular weight is 528 g/mol. The van der Waals surface area contributed by atoms with Gasteiger partial charge in [0, 0.05) is 19.1 Å². The number of likely N-dealkylation sites (tertiary alicyclic amines) is 1. The van der Waals surface area contributed by atoms with E-state index in [0.717, 1.165) is 0 Å². The van der Waals surface area contributed by atoms with Gasteiger partial charge in [0.2, 0.25) is 0 Å². The molecule has 5 rings (SSSR count). The summed E-state index contributed by atoms with van der Waals surface area (Å²) in [7, 11) is 0. The molecule has 4 aromatic rings. The third-order valence-corrected chi connectivity index (χ3v) is 7.12. The summed E-state index contributed by atoms with van der Waals surface area (Å²) in [5.74, 6) is -0.625. The van der Waals surface area contributed by atoms with Crippen LogP contribution in [0.5, 0.6) is 0 Å². The fourth-order valence-electron chi connectivity index (χ4n) is 5.27. The Morgan fingerprint density at radius 1 is 0.897 bits per heavy atom. The van der Waals surface area contributed by atoms with Crippen molar-refractivity contribution in [3.05, 3.63) is 101 Å². The molecule has 8 heteroatoms. The highest BCUT2D eigenvalue weighted by Gasteiger charge is 2.41. The first-order valence-corrected chi connectivity index (χ1v) is 13.1. The Hall–Kier alpha value is -4.17. The molecule has 1 fully saturated rings. The van der Waals surface area contributed by atoms with Crippen LogP contribution in [0, 0.1) is 0 Å². The number of piperidine rings is 1. The molecule has 8 nitrogen and oxygen atoms in total. The standard InChI is InChI=1S/C31H33N3O5/c1-30(2,3)39-29(37)33-18-16-24(17-19-33)34-26-20-21(27(35)36)14-15-25(26)32-28(34)31(38,22-10-6-4-7-11-22)23-12-8-5-9-13-23/h4-15,20,24,38H,16-19H2,1-3H3,(H,35,36). The summed E-state index contributed by atoms with van der Waals surface area (Å²) >= 11 is 0. The molecule has 202 valence electrons. The van der Waals surface area contributed by atoms with Gasteiger partial charge in [-0.15, -0.1) is 0 Å². The normalized spacial score (nSPS) is 14.9. The zero-order chi connectivity index (χ0) is 27.8. The highest BCUT2D eigenvalue weighted by atomic mass is 16.6. The van der Waals surface area contributed by atoms with E-state index < -0.39 is 17.2 Å². The molecule has 1 aromatic heterocycles. The fourth-order valence-corrected chi connectivity index (χ4v) is 5.27. The molecular formula is C31H33N3O5. The van der Waals surface area contributed by atoms with Gasteiger partial charge < -0.3 is 24.4 Å². The van der Waals surface area contributed by atoms with E-state index in [-0.39, 0.29) is 17.7 Å². The number of carbonyl (C=O) groups is 2. The second-order valence-electron chi connectivity index (χ2n) is 11.0. The quantitative estimate of drug-likeness (QED) is 0.351. The Morgan fingerprint density at radius 2 is 1.46 bits per heavy atom. The van der Waals surface area contributed by atoms with E-state index in [1.807, 2.05) is 86.0 Å². The number of carboxylic acid groups (broad SMARTS) is 1. The summed E-state index contributed by atoms with van der Waals surface area (Å²) in [5.41, 5.74) is 0.476. The molecule has 0 radical (unpaired) electrons. The highest BCUT2D eigenvalue weighted by Crippen LogP contribution is 2.41. The van der Waals surface area contributed by atoms with Crippen LogP contribution in [-0.4, -0.2) is 55.4 Å². The number of imidazole rings is 1. The number of carbonyl (C=O) groups excluding carboxylic acids is 1. The van der Waals surface area contributed by atoms with Crippen LogP contribution in [0.1, 0.15) is 67.0 Å². The molecule has 0 spiro atoms. The van der Waals surface area contributed by atoms with Crippen LogP contribution < -0.4 is 0 Å². The molecule has 1 aliphatic rings. The van der Waals surface area contributed by atoms with Crippen molar-refractivity contribution >= 4 is 23.1 Å². The second-order valence-corrected chi connectivity index (χ2v) is 11.0. The molecule has 1 amide bonds. The van der Waals surface area contributed by atoms with Crippen LogP contribution in [0.15, 0.2) is 78.9 Å². The third-order valence-electron chi connectivity index (χ3n) is 7.12. The topological polar surface area (TPSA) is 105 Å². The largest absolute Gasteiger partial charge is 0.478 e. The van der Waals surface area contributed by atoms with Crippen LogP contribution in [-0.2, 0) is 10.3 Å². The molecule has 0 aliphatic carbocycles. The van der Waals surface area contributed by atoms with Crippen molar-refractivity contribution in [2.24, 2.45) is 0 Å². The summed E-state index contributed by atoms with van der Waals surface area (Å²) in [6.07, 6.45) is 0.832. The molecule has 0 unspecified atom stereocenters. The maximum atomic E-state index is 12.7. The van der Waals surface area contributed by atoms with Crippen LogP contribution >= 0.6 is 0 Å². The lowest BCUT2D eigenvalue weighted by Gasteiger charge is -2.37. The molecule has 1 aliphatic heterocycles. The van der Waals surface area contributed by atoms with Gasteiger partial charge in [-0.3, -0.25) is 0 Å². The SMILES string of the molecule is CC(C)(C)OC(=O)N1CCC(n2c(C(O)(c3ccccc3)c3ccccc3)nc3ccc(C(=O)O)cc32)CC1. The van der Waals surface area contributed by atoms with E-state index in [4.69, 9.17) is 9.72 Å². The van der Waals surface area contributed by atoms with Gasteiger partial charge in [0.25, 0.3) is 0 Å². The van der Waals surface area contributed by atoms with Gasteiger partial charge in [0.05, 0.1) is 16.6 Å². The van der Waals surface area contributed by atoms with Gasteiger partial charge in [-0.2, -0.15) is 0 Å². The number of aliphatic hydroxyl groups is 1. The number of hydrogen-bond donors (Lipinski definition) is 2. The van der Waals surface area contributed by atoms with E-state index in [9.17, 15) is 19.8 Å². The summed E-state index contributed by atoms with van der Waals surface area (Å²) in [4.78, 5) is 31.2. The van der Waals surface area contributed by atoms with Crippen LogP contribution in [0.4, 0.5) is 4.79 Å². The van der Waals surface area contributed by atoms with Gasteiger partial charge in [-0.25, -0.2) is 14.6 Å². The molecule has 0 saturated carbocycles. The van der Waals surface area contributed by atoms with Crippen molar-refractivity contribution in [1.29, 1.82) is 0 Å². The minimum absolute atomic E-state index is 0.133.